The Bertz CT molecular complexity index is 1410. The molecule has 1 aromatic heterocycles. The first-order valence-corrected chi connectivity index (χ1v) is 12.7. The van der Waals surface area contributed by atoms with Crippen molar-refractivity contribution in [2.45, 2.75) is 76.2 Å². The van der Waals surface area contributed by atoms with E-state index in [1.165, 1.54) is 17.3 Å². The fourth-order valence-electron chi connectivity index (χ4n) is 5.54. The first-order valence-electron chi connectivity index (χ1n) is 12.7. The van der Waals surface area contributed by atoms with Gasteiger partial charge in [-0.2, -0.15) is 13.2 Å². The second-order valence-corrected chi connectivity index (χ2v) is 11.7. The molecule has 1 aliphatic carbocycles. The normalized spacial score (nSPS) is 18.3. The monoisotopic (exact) mass is 547 g/mol. The summed E-state index contributed by atoms with van der Waals surface area (Å²) in [6.45, 7) is 5.62. The Morgan fingerprint density at radius 2 is 1.79 bits per heavy atom. The topological polar surface area (TPSA) is 63.1 Å². The Morgan fingerprint density at radius 3 is 2.38 bits per heavy atom. The van der Waals surface area contributed by atoms with Gasteiger partial charge in [0.2, 0.25) is 5.92 Å². The van der Waals surface area contributed by atoms with Crippen LogP contribution in [0.25, 0.3) is 0 Å². The molecular weight excluding hydrogens is 517 g/mol. The zero-order valence-electron chi connectivity index (χ0n) is 22.2. The molecule has 0 spiro atoms. The third kappa shape index (κ3) is 5.28. The van der Waals surface area contributed by atoms with Crippen LogP contribution >= 0.6 is 0 Å². The van der Waals surface area contributed by atoms with Crippen molar-refractivity contribution in [2.24, 2.45) is 7.05 Å². The zero-order chi connectivity index (χ0) is 28.4. The van der Waals surface area contributed by atoms with E-state index in [9.17, 15) is 26.7 Å². The summed E-state index contributed by atoms with van der Waals surface area (Å²) in [4.78, 5) is 14.8. The molecule has 1 fully saturated rings. The fourth-order valence-corrected chi connectivity index (χ4v) is 5.54. The third-order valence-electron chi connectivity index (χ3n) is 7.50. The predicted molar refractivity (Wildman–Crippen MR) is 136 cm³/mol. The van der Waals surface area contributed by atoms with Gasteiger partial charge >= 0.3 is 6.18 Å². The molecule has 0 radical (unpaired) electrons. The first kappa shape index (κ1) is 27.2. The molecule has 1 aliphatic heterocycles. The molecule has 2 heterocycles. The number of fused-ring (bicyclic) bond motifs is 1. The molecule has 2 aromatic carbocycles. The van der Waals surface area contributed by atoms with Gasteiger partial charge in [0, 0.05) is 55.1 Å². The molecule has 1 amide bonds. The van der Waals surface area contributed by atoms with Crippen LogP contribution < -0.4 is 10.2 Å². The lowest BCUT2D eigenvalue weighted by Gasteiger charge is -2.48. The van der Waals surface area contributed by atoms with Crippen LogP contribution in [-0.2, 0) is 38.1 Å². The number of alkyl halides is 5. The van der Waals surface area contributed by atoms with Crippen LogP contribution in [0.3, 0.4) is 0 Å². The number of halogens is 5. The molecule has 0 unspecified atom stereocenters. The van der Waals surface area contributed by atoms with E-state index in [0.717, 1.165) is 6.07 Å². The van der Waals surface area contributed by atoms with Gasteiger partial charge in [0.25, 0.3) is 5.91 Å². The minimum Gasteiger partial charge on any atom is -0.321 e. The molecule has 0 saturated heterocycles. The number of rotatable bonds is 6. The molecule has 208 valence electrons. The molecule has 39 heavy (non-hydrogen) atoms. The Labute approximate surface area is 223 Å². The Balaban J connectivity index is 1.49. The van der Waals surface area contributed by atoms with E-state index < -0.39 is 41.8 Å². The van der Waals surface area contributed by atoms with Gasteiger partial charge in [-0.05, 0) is 61.7 Å². The van der Waals surface area contributed by atoms with Gasteiger partial charge in [-0.15, -0.1) is 10.2 Å². The summed E-state index contributed by atoms with van der Waals surface area (Å²) in [6, 6.07) is 9.24. The van der Waals surface area contributed by atoms with Crippen molar-refractivity contribution in [2.75, 3.05) is 4.90 Å². The van der Waals surface area contributed by atoms with E-state index in [0.29, 0.717) is 22.6 Å². The quantitative estimate of drug-likeness (QED) is 0.397. The standard InChI is InChI=1S/C28H30F5N5O/c1-25(2,3)34-12-17-8-20-21(22(9-17)28(31,32)33)13-38(24(20)39)19-7-5-6-18(10-19)26(14-27(29,30)15-26)11-23-36-35-16-37(23)4/h5-10,16,34H,11-15H2,1-4H3. The van der Waals surface area contributed by atoms with Crippen LogP contribution in [0.1, 0.15) is 72.0 Å². The number of carbonyl (C=O) groups is 1. The number of benzene rings is 2. The molecule has 3 aromatic rings. The number of anilines is 1. The maximum Gasteiger partial charge on any atom is 0.416 e. The Kier molecular flexibility index (Phi) is 6.36. The van der Waals surface area contributed by atoms with Gasteiger partial charge in [-0.3, -0.25) is 4.79 Å². The van der Waals surface area contributed by atoms with Gasteiger partial charge in [0.15, 0.2) is 0 Å². The number of hydrogen-bond donors (Lipinski definition) is 1. The summed E-state index contributed by atoms with van der Waals surface area (Å²) in [5.41, 5.74) is -0.861. The van der Waals surface area contributed by atoms with Crippen molar-refractivity contribution >= 4 is 11.6 Å². The Hall–Kier alpha value is -3.34. The predicted octanol–water partition coefficient (Wildman–Crippen LogP) is 5.79. The SMILES string of the molecule is Cn1cnnc1CC1(c2cccc(N3Cc4c(cc(CNC(C)(C)C)cc4C(F)(F)F)C3=O)c2)CC(F)(F)C1. The van der Waals surface area contributed by atoms with Crippen molar-refractivity contribution in [3.05, 3.63) is 76.4 Å². The lowest BCUT2D eigenvalue weighted by Crippen LogP contribution is -2.51. The van der Waals surface area contributed by atoms with Crippen LogP contribution in [0, 0.1) is 0 Å². The fraction of sp³-hybridized carbons (Fsp3) is 0.464. The van der Waals surface area contributed by atoms with Crippen molar-refractivity contribution in [3.8, 4) is 0 Å². The minimum atomic E-state index is -4.64. The van der Waals surface area contributed by atoms with Crippen molar-refractivity contribution in [3.63, 3.8) is 0 Å². The average Bonchev–Trinajstić information content (AvgIpc) is 3.37. The van der Waals surface area contributed by atoms with Gasteiger partial charge < -0.3 is 14.8 Å². The van der Waals surface area contributed by atoms with Crippen LogP contribution in [0.15, 0.2) is 42.7 Å². The van der Waals surface area contributed by atoms with Gasteiger partial charge in [-0.1, -0.05) is 12.1 Å². The number of nitrogens with one attached hydrogen (secondary N) is 1. The van der Waals surface area contributed by atoms with Crippen molar-refractivity contribution in [1.29, 1.82) is 0 Å². The molecule has 2 aliphatic rings. The van der Waals surface area contributed by atoms with E-state index in [4.69, 9.17) is 0 Å². The summed E-state index contributed by atoms with van der Waals surface area (Å²) in [7, 11) is 1.74. The number of aromatic nitrogens is 3. The highest BCUT2D eigenvalue weighted by Crippen LogP contribution is 2.55. The molecular formula is C28H30F5N5O. The van der Waals surface area contributed by atoms with Crippen molar-refractivity contribution in [1.82, 2.24) is 20.1 Å². The highest BCUT2D eigenvalue weighted by molar-refractivity contribution is 6.10. The number of amides is 1. The summed E-state index contributed by atoms with van der Waals surface area (Å²) < 4.78 is 72.3. The highest BCUT2D eigenvalue weighted by Gasteiger charge is 2.57. The highest BCUT2D eigenvalue weighted by atomic mass is 19.4. The summed E-state index contributed by atoms with van der Waals surface area (Å²) in [5, 5.41) is 11.1. The van der Waals surface area contributed by atoms with E-state index >= 15 is 0 Å². The van der Waals surface area contributed by atoms with Crippen LogP contribution in [0.2, 0.25) is 0 Å². The zero-order valence-corrected chi connectivity index (χ0v) is 22.2. The van der Waals surface area contributed by atoms with Crippen LogP contribution in [0.5, 0.6) is 0 Å². The maximum atomic E-state index is 14.2. The molecule has 1 saturated carbocycles. The summed E-state index contributed by atoms with van der Waals surface area (Å²) in [5.74, 6) is -2.84. The molecule has 6 nitrogen and oxygen atoms in total. The van der Waals surface area contributed by atoms with E-state index in [1.807, 2.05) is 20.8 Å². The first-order chi connectivity index (χ1) is 18.1. The minimum absolute atomic E-state index is 0.00455. The van der Waals surface area contributed by atoms with Gasteiger partial charge in [0.1, 0.15) is 12.2 Å². The van der Waals surface area contributed by atoms with E-state index in [1.54, 1.807) is 35.9 Å². The summed E-state index contributed by atoms with van der Waals surface area (Å²) in [6.07, 6.45) is -3.71. The van der Waals surface area contributed by atoms with Crippen LogP contribution in [0.4, 0.5) is 27.6 Å². The van der Waals surface area contributed by atoms with Gasteiger partial charge in [-0.25, -0.2) is 8.78 Å². The lowest BCUT2D eigenvalue weighted by molar-refractivity contribution is -0.138. The largest absolute Gasteiger partial charge is 0.416 e. The van der Waals surface area contributed by atoms with Gasteiger partial charge in [0.05, 0.1) is 12.1 Å². The average molecular weight is 548 g/mol. The number of carbonyl (C=O) groups excluding carboxylic acids is 1. The van der Waals surface area contributed by atoms with E-state index in [2.05, 4.69) is 15.5 Å². The molecule has 0 bridgehead atoms. The van der Waals surface area contributed by atoms with E-state index in [-0.39, 0.29) is 36.2 Å². The molecule has 11 heteroatoms. The number of aryl methyl sites for hydroxylation is 1. The molecule has 5 rings (SSSR count). The second kappa shape index (κ2) is 9.11. The number of hydrogen-bond acceptors (Lipinski definition) is 4. The lowest BCUT2D eigenvalue weighted by atomic mass is 9.60. The maximum absolute atomic E-state index is 14.2. The Morgan fingerprint density at radius 1 is 1.08 bits per heavy atom. The smallest absolute Gasteiger partial charge is 0.321 e. The number of nitrogens with zero attached hydrogens (tertiary/aromatic N) is 4. The van der Waals surface area contributed by atoms with Crippen molar-refractivity contribution < 1.29 is 26.7 Å². The van der Waals surface area contributed by atoms with Crippen LogP contribution in [-0.4, -0.2) is 32.1 Å². The summed E-state index contributed by atoms with van der Waals surface area (Å²) >= 11 is 0. The molecule has 0 atom stereocenters. The third-order valence-corrected chi connectivity index (χ3v) is 7.50. The molecule has 1 N–H and O–H groups in total. The second-order valence-electron chi connectivity index (χ2n) is 11.7.